The molecule has 0 radical (unpaired) electrons. The van der Waals surface area contributed by atoms with Crippen LogP contribution in [0, 0.1) is 17.2 Å². The van der Waals surface area contributed by atoms with Gasteiger partial charge in [0, 0.05) is 19.5 Å². The molecule has 1 rings (SSSR count). The van der Waals surface area contributed by atoms with Gasteiger partial charge in [-0.15, -0.1) is 0 Å². The van der Waals surface area contributed by atoms with Crippen LogP contribution in [0.5, 0.6) is 0 Å². The van der Waals surface area contributed by atoms with E-state index in [2.05, 4.69) is 0 Å². The molecule has 0 aromatic rings. The van der Waals surface area contributed by atoms with Crippen molar-refractivity contribution in [2.75, 3.05) is 13.1 Å². The minimum atomic E-state index is -1.15. The Morgan fingerprint density at radius 3 is 1.87 bits per heavy atom. The fourth-order valence-corrected chi connectivity index (χ4v) is 2.46. The summed E-state index contributed by atoms with van der Waals surface area (Å²) >= 11 is 5.03. The lowest BCUT2D eigenvalue weighted by molar-refractivity contribution is -0.147. The zero-order valence-corrected chi connectivity index (χ0v) is 12.9. The molecule has 0 bridgehead atoms. The second-order valence-electron chi connectivity index (χ2n) is 4.80. The van der Waals surface area contributed by atoms with Crippen LogP contribution in [0.4, 0.5) is 0 Å². The van der Waals surface area contributed by atoms with Crippen LogP contribution in [0.2, 0.25) is 0 Å². The van der Waals surface area contributed by atoms with E-state index < -0.39 is 29.7 Å². The van der Waals surface area contributed by atoms with Crippen molar-refractivity contribution in [2.24, 2.45) is 5.92 Å². The first kappa shape index (κ1) is 18.5. The van der Waals surface area contributed by atoms with E-state index in [1.807, 2.05) is 6.07 Å². The first-order valence-electron chi connectivity index (χ1n) is 6.76. The van der Waals surface area contributed by atoms with Crippen LogP contribution in [-0.4, -0.2) is 62.0 Å². The van der Waals surface area contributed by atoms with Crippen LogP contribution < -0.4 is 0 Å². The number of aliphatic carboxylic acids is 2. The number of carboxylic acids is 2. The van der Waals surface area contributed by atoms with Crippen LogP contribution >= 0.6 is 12.2 Å². The van der Waals surface area contributed by atoms with E-state index in [9.17, 15) is 19.2 Å². The number of carbonyl (C=O) groups is 4. The summed E-state index contributed by atoms with van der Waals surface area (Å²) in [6.45, 7) is -0.431. The summed E-state index contributed by atoms with van der Waals surface area (Å²) in [4.78, 5) is 48.0. The van der Waals surface area contributed by atoms with Gasteiger partial charge in [-0.3, -0.25) is 29.0 Å². The van der Waals surface area contributed by atoms with Crippen LogP contribution in [0.25, 0.3) is 0 Å². The molecular formula is C13H15N3O6S. The molecule has 2 amide bonds. The number of carboxylic acid groups (broad SMARTS) is 2. The van der Waals surface area contributed by atoms with Gasteiger partial charge in [-0.1, -0.05) is 0 Å². The smallest absolute Gasteiger partial charge is 0.305 e. The predicted molar refractivity (Wildman–Crippen MR) is 78.9 cm³/mol. The Morgan fingerprint density at radius 1 is 1.09 bits per heavy atom. The van der Waals surface area contributed by atoms with E-state index in [1.165, 1.54) is 0 Å². The molecule has 2 N–H and O–H groups in total. The molecular weight excluding hydrogens is 326 g/mol. The van der Waals surface area contributed by atoms with Gasteiger partial charge >= 0.3 is 11.9 Å². The molecule has 1 saturated heterocycles. The van der Waals surface area contributed by atoms with Crippen molar-refractivity contribution >= 4 is 41.1 Å². The minimum absolute atomic E-state index is 0.0239. The summed E-state index contributed by atoms with van der Waals surface area (Å²) in [6, 6.07) is 1.83. The van der Waals surface area contributed by atoms with E-state index in [-0.39, 0.29) is 43.9 Å². The average Bonchev–Trinajstić information content (AvgIpc) is 2.46. The molecule has 10 heteroatoms. The van der Waals surface area contributed by atoms with E-state index in [4.69, 9.17) is 27.7 Å². The van der Waals surface area contributed by atoms with Crippen molar-refractivity contribution in [3.8, 4) is 6.07 Å². The summed E-state index contributed by atoms with van der Waals surface area (Å²) < 4.78 is 0. The molecule has 1 heterocycles. The maximum atomic E-state index is 12.3. The summed E-state index contributed by atoms with van der Waals surface area (Å²) in [5.74, 6) is -4.72. The molecule has 0 aromatic heterocycles. The van der Waals surface area contributed by atoms with Crippen molar-refractivity contribution < 1.29 is 29.4 Å². The lowest BCUT2D eigenvalue weighted by Crippen LogP contribution is -2.60. The van der Waals surface area contributed by atoms with Gasteiger partial charge in [0.05, 0.1) is 18.9 Å². The van der Waals surface area contributed by atoms with Crippen LogP contribution in [0.3, 0.4) is 0 Å². The van der Waals surface area contributed by atoms with Crippen LogP contribution in [0.15, 0.2) is 0 Å². The standard InChI is InChI=1S/C13H15N3O6S/c14-5-1-2-8-11(21)15(6-3-9(17)18)13(23)16(12(8)22)7-4-10(19)20/h8H,1-4,6-7H2,(H,17,18)(H,19,20). The second kappa shape index (κ2) is 8.19. The number of amides is 2. The summed E-state index contributed by atoms with van der Waals surface area (Å²) in [6.07, 6.45) is -0.784. The topological polar surface area (TPSA) is 139 Å². The number of carbonyl (C=O) groups excluding carboxylic acids is 2. The maximum Gasteiger partial charge on any atom is 0.305 e. The average molecular weight is 341 g/mol. The molecule has 9 nitrogen and oxygen atoms in total. The SMILES string of the molecule is N#CCCC1C(=O)N(CCC(=O)O)C(=S)N(CCC(=O)O)C1=O. The number of nitrogens with zero attached hydrogens (tertiary/aromatic N) is 3. The third kappa shape index (κ3) is 4.72. The fraction of sp³-hybridized carbons (Fsp3) is 0.538. The largest absolute Gasteiger partial charge is 0.481 e. The first-order chi connectivity index (χ1) is 10.8. The van der Waals surface area contributed by atoms with Crippen molar-refractivity contribution in [1.82, 2.24) is 9.80 Å². The number of thiocarbonyl (C=S) groups is 1. The zero-order valence-electron chi connectivity index (χ0n) is 12.1. The van der Waals surface area contributed by atoms with E-state index >= 15 is 0 Å². The lowest BCUT2D eigenvalue weighted by Gasteiger charge is -2.39. The molecule has 1 fully saturated rings. The lowest BCUT2D eigenvalue weighted by atomic mass is 9.97. The minimum Gasteiger partial charge on any atom is -0.481 e. The Hall–Kier alpha value is -2.54. The molecule has 0 aliphatic carbocycles. The molecule has 0 unspecified atom stereocenters. The molecule has 1 aliphatic rings. The predicted octanol–water partition coefficient (Wildman–Crippen LogP) is -0.189. The van der Waals surface area contributed by atoms with Crippen molar-refractivity contribution in [3.63, 3.8) is 0 Å². The highest BCUT2D eigenvalue weighted by Crippen LogP contribution is 2.22. The second-order valence-corrected chi connectivity index (χ2v) is 5.16. The van der Waals surface area contributed by atoms with E-state index in [0.29, 0.717) is 0 Å². The normalized spacial score (nSPS) is 15.7. The Labute approximate surface area is 137 Å². The summed E-state index contributed by atoms with van der Waals surface area (Å²) in [5, 5.41) is 25.9. The van der Waals surface area contributed by atoms with Gasteiger partial charge in [0.2, 0.25) is 11.8 Å². The molecule has 124 valence electrons. The first-order valence-corrected chi connectivity index (χ1v) is 7.17. The Morgan fingerprint density at radius 2 is 1.52 bits per heavy atom. The number of nitriles is 1. The Bertz CT molecular complexity index is 545. The molecule has 0 spiro atoms. The number of rotatable bonds is 8. The highest BCUT2D eigenvalue weighted by Gasteiger charge is 2.43. The molecule has 23 heavy (non-hydrogen) atoms. The van der Waals surface area contributed by atoms with Crippen molar-refractivity contribution in [3.05, 3.63) is 0 Å². The van der Waals surface area contributed by atoms with Crippen molar-refractivity contribution in [1.29, 1.82) is 5.26 Å². The summed E-state index contributed by atoms with van der Waals surface area (Å²) in [5.41, 5.74) is 0. The van der Waals surface area contributed by atoms with Crippen LogP contribution in [0.1, 0.15) is 25.7 Å². The van der Waals surface area contributed by atoms with Gasteiger partial charge in [0.25, 0.3) is 0 Å². The fourth-order valence-electron chi connectivity index (χ4n) is 2.10. The Kier molecular flexibility index (Phi) is 6.59. The van der Waals surface area contributed by atoms with Gasteiger partial charge in [-0.2, -0.15) is 5.26 Å². The summed E-state index contributed by atoms with van der Waals surface area (Å²) in [7, 11) is 0. The molecule has 0 saturated carbocycles. The van der Waals surface area contributed by atoms with Gasteiger partial charge in [-0.25, -0.2) is 0 Å². The van der Waals surface area contributed by atoms with Gasteiger partial charge in [-0.05, 0) is 18.6 Å². The quantitative estimate of drug-likeness (QED) is 0.457. The highest BCUT2D eigenvalue weighted by atomic mass is 32.1. The maximum absolute atomic E-state index is 12.3. The van der Waals surface area contributed by atoms with E-state index in [0.717, 1.165) is 9.80 Å². The van der Waals surface area contributed by atoms with E-state index in [1.54, 1.807) is 0 Å². The van der Waals surface area contributed by atoms with Gasteiger partial charge < -0.3 is 10.2 Å². The van der Waals surface area contributed by atoms with Gasteiger partial charge in [0.15, 0.2) is 5.11 Å². The van der Waals surface area contributed by atoms with Gasteiger partial charge in [0.1, 0.15) is 5.92 Å². The Balaban J connectivity index is 3.00. The zero-order chi connectivity index (χ0) is 17.6. The third-order valence-corrected chi connectivity index (χ3v) is 3.67. The highest BCUT2D eigenvalue weighted by molar-refractivity contribution is 7.80. The molecule has 0 aromatic carbocycles. The van der Waals surface area contributed by atoms with Crippen LogP contribution in [-0.2, 0) is 19.2 Å². The number of hydrogen-bond acceptors (Lipinski definition) is 6. The molecule has 1 aliphatic heterocycles. The molecule has 0 atom stereocenters. The number of hydrogen-bond donors (Lipinski definition) is 2. The van der Waals surface area contributed by atoms with Crippen molar-refractivity contribution in [2.45, 2.75) is 25.7 Å². The monoisotopic (exact) mass is 341 g/mol. The third-order valence-electron chi connectivity index (χ3n) is 3.23.